The molecule has 1 heterocycles. The minimum atomic E-state index is -0.122. The van der Waals surface area contributed by atoms with Gasteiger partial charge in [0.15, 0.2) is 0 Å². The SMILES string of the molecule is Cc1ccc(-n2cc(-c3ccccc3)[nH]c2=O)cc1. The van der Waals surface area contributed by atoms with Gasteiger partial charge in [-0.1, -0.05) is 48.0 Å². The molecular weight excluding hydrogens is 236 g/mol. The van der Waals surface area contributed by atoms with E-state index in [1.165, 1.54) is 5.56 Å². The number of aryl methyl sites for hydroxylation is 1. The van der Waals surface area contributed by atoms with E-state index in [-0.39, 0.29) is 5.69 Å². The molecule has 94 valence electrons. The summed E-state index contributed by atoms with van der Waals surface area (Å²) < 4.78 is 1.63. The second-order valence-electron chi connectivity index (χ2n) is 4.54. The third-order valence-electron chi connectivity index (χ3n) is 3.12. The predicted octanol–water partition coefficient (Wildman–Crippen LogP) is 3.14. The summed E-state index contributed by atoms with van der Waals surface area (Å²) in [6, 6.07) is 17.7. The van der Waals surface area contributed by atoms with Gasteiger partial charge in [-0.2, -0.15) is 0 Å². The Morgan fingerprint density at radius 2 is 1.63 bits per heavy atom. The summed E-state index contributed by atoms with van der Waals surface area (Å²) in [5.74, 6) is 0. The lowest BCUT2D eigenvalue weighted by Crippen LogP contribution is -2.13. The molecule has 0 amide bonds. The Kier molecular flexibility index (Phi) is 2.80. The molecule has 0 aliphatic rings. The van der Waals surface area contributed by atoms with Gasteiger partial charge in [-0.25, -0.2) is 4.79 Å². The molecule has 0 saturated carbocycles. The van der Waals surface area contributed by atoms with Gasteiger partial charge in [0.2, 0.25) is 0 Å². The van der Waals surface area contributed by atoms with Crippen molar-refractivity contribution in [2.45, 2.75) is 6.92 Å². The largest absolute Gasteiger partial charge is 0.330 e. The van der Waals surface area contributed by atoms with E-state index in [0.29, 0.717) is 0 Å². The van der Waals surface area contributed by atoms with Gasteiger partial charge >= 0.3 is 5.69 Å². The molecule has 1 aromatic heterocycles. The quantitative estimate of drug-likeness (QED) is 0.745. The smallest absolute Gasteiger partial charge is 0.305 e. The molecule has 3 rings (SSSR count). The second-order valence-corrected chi connectivity index (χ2v) is 4.54. The van der Waals surface area contributed by atoms with Crippen LogP contribution < -0.4 is 5.69 Å². The van der Waals surface area contributed by atoms with E-state index >= 15 is 0 Å². The molecule has 3 aromatic rings. The highest BCUT2D eigenvalue weighted by atomic mass is 16.1. The van der Waals surface area contributed by atoms with Gasteiger partial charge in [-0.15, -0.1) is 0 Å². The van der Waals surface area contributed by atoms with Crippen LogP contribution in [0.1, 0.15) is 5.56 Å². The highest BCUT2D eigenvalue weighted by molar-refractivity contribution is 5.58. The van der Waals surface area contributed by atoms with Crippen molar-refractivity contribution in [3.63, 3.8) is 0 Å². The van der Waals surface area contributed by atoms with Crippen LogP contribution in [0.25, 0.3) is 16.9 Å². The molecule has 2 aromatic carbocycles. The van der Waals surface area contributed by atoms with Crippen molar-refractivity contribution in [2.24, 2.45) is 0 Å². The normalized spacial score (nSPS) is 10.6. The first kappa shape index (κ1) is 11.5. The summed E-state index contributed by atoms with van der Waals surface area (Å²) in [5.41, 5.74) is 3.75. The lowest BCUT2D eigenvalue weighted by Gasteiger charge is -2.00. The summed E-state index contributed by atoms with van der Waals surface area (Å²) in [4.78, 5) is 14.9. The Labute approximate surface area is 111 Å². The van der Waals surface area contributed by atoms with Crippen LogP contribution in [0.2, 0.25) is 0 Å². The van der Waals surface area contributed by atoms with Crippen LogP contribution in [0, 0.1) is 6.92 Å². The van der Waals surface area contributed by atoms with Crippen LogP contribution in [-0.4, -0.2) is 9.55 Å². The zero-order valence-electron chi connectivity index (χ0n) is 10.6. The maximum Gasteiger partial charge on any atom is 0.330 e. The van der Waals surface area contributed by atoms with Crippen LogP contribution in [0.4, 0.5) is 0 Å². The summed E-state index contributed by atoms with van der Waals surface area (Å²) in [7, 11) is 0. The van der Waals surface area contributed by atoms with Crippen molar-refractivity contribution in [1.29, 1.82) is 0 Å². The zero-order valence-corrected chi connectivity index (χ0v) is 10.6. The highest BCUT2D eigenvalue weighted by Crippen LogP contribution is 2.16. The highest BCUT2D eigenvalue weighted by Gasteiger charge is 2.06. The monoisotopic (exact) mass is 250 g/mol. The number of aromatic nitrogens is 2. The van der Waals surface area contributed by atoms with Crippen molar-refractivity contribution in [1.82, 2.24) is 9.55 Å². The van der Waals surface area contributed by atoms with Gasteiger partial charge in [-0.3, -0.25) is 4.57 Å². The maximum absolute atomic E-state index is 12.0. The van der Waals surface area contributed by atoms with Crippen molar-refractivity contribution in [3.8, 4) is 16.9 Å². The minimum Gasteiger partial charge on any atom is -0.305 e. The molecule has 3 nitrogen and oxygen atoms in total. The predicted molar refractivity (Wildman–Crippen MR) is 76.6 cm³/mol. The first-order valence-electron chi connectivity index (χ1n) is 6.18. The molecule has 0 saturated heterocycles. The van der Waals surface area contributed by atoms with Crippen molar-refractivity contribution in [3.05, 3.63) is 76.8 Å². The van der Waals surface area contributed by atoms with Gasteiger partial charge in [0.05, 0.1) is 11.4 Å². The Morgan fingerprint density at radius 3 is 2.32 bits per heavy atom. The van der Waals surface area contributed by atoms with Crippen molar-refractivity contribution >= 4 is 0 Å². The van der Waals surface area contributed by atoms with E-state index in [4.69, 9.17) is 0 Å². The number of imidazole rings is 1. The van der Waals surface area contributed by atoms with Crippen molar-refractivity contribution < 1.29 is 0 Å². The number of nitrogens with one attached hydrogen (secondary N) is 1. The van der Waals surface area contributed by atoms with E-state index in [1.54, 1.807) is 4.57 Å². The van der Waals surface area contributed by atoms with Crippen LogP contribution in [0.15, 0.2) is 65.6 Å². The van der Waals surface area contributed by atoms with Gasteiger partial charge in [0.1, 0.15) is 0 Å². The number of hydrogen-bond donors (Lipinski definition) is 1. The molecule has 0 atom stereocenters. The number of rotatable bonds is 2. The standard InChI is InChI=1S/C16H14N2O/c1-12-7-9-14(10-8-12)18-11-15(17-16(18)19)13-5-3-2-4-6-13/h2-11H,1H3,(H,17,19). The van der Waals surface area contributed by atoms with E-state index in [0.717, 1.165) is 16.9 Å². The number of aromatic amines is 1. The van der Waals surface area contributed by atoms with Gasteiger partial charge in [0.25, 0.3) is 0 Å². The summed E-state index contributed by atoms with van der Waals surface area (Å²) in [5, 5.41) is 0. The Balaban J connectivity index is 2.08. The summed E-state index contributed by atoms with van der Waals surface area (Å²) in [6.45, 7) is 2.03. The molecule has 0 unspecified atom stereocenters. The summed E-state index contributed by atoms with van der Waals surface area (Å²) >= 11 is 0. The lowest BCUT2D eigenvalue weighted by molar-refractivity contribution is 0.986. The van der Waals surface area contributed by atoms with Crippen LogP contribution in [-0.2, 0) is 0 Å². The number of nitrogens with zero attached hydrogens (tertiary/aromatic N) is 1. The second kappa shape index (κ2) is 4.61. The average Bonchev–Trinajstić information content (AvgIpc) is 2.83. The Bertz CT molecular complexity index is 736. The van der Waals surface area contributed by atoms with Crippen LogP contribution in [0.5, 0.6) is 0 Å². The van der Waals surface area contributed by atoms with Crippen LogP contribution in [0.3, 0.4) is 0 Å². The summed E-state index contributed by atoms with van der Waals surface area (Å²) in [6.07, 6.45) is 1.84. The van der Waals surface area contributed by atoms with E-state index in [2.05, 4.69) is 4.98 Å². The third kappa shape index (κ3) is 2.22. The first-order valence-corrected chi connectivity index (χ1v) is 6.18. The Morgan fingerprint density at radius 1 is 0.947 bits per heavy atom. The van der Waals surface area contributed by atoms with Gasteiger partial charge in [-0.05, 0) is 24.6 Å². The molecule has 0 radical (unpaired) electrons. The molecule has 0 aliphatic heterocycles. The van der Waals surface area contributed by atoms with Crippen molar-refractivity contribution in [2.75, 3.05) is 0 Å². The molecule has 1 N–H and O–H groups in total. The molecule has 0 fully saturated rings. The fourth-order valence-corrected chi connectivity index (χ4v) is 2.06. The molecule has 0 spiro atoms. The number of benzene rings is 2. The minimum absolute atomic E-state index is 0.122. The fraction of sp³-hybridized carbons (Fsp3) is 0.0625. The topological polar surface area (TPSA) is 37.8 Å². The van der Waals surface area contributed by atoms with E-state index < -0.39 is 0 Å². The zero-order chi connectivity index (χ0) is 13.2. The molecule has 3 heteroatoms. The number of H-pyrrole nitrogens is 1. The fourth-order valence-electron chi connectivity index (χ4n) is 2.06. The first-order chi connectivity index (χ1) is 9.24. The Hall–Kier alpha value is -2.55. The maximum atomic E-state index is 12.0. The van der Waals surface area contributed by atoms with E-state index in [9.17, 15) is 4.79 Å². The number of hydrogen-bond acceptors (Lipinski definition) is 1. The van der Waals surface area contributed by atoms with Gasteiger partial charge in [0, 0.05) is 6.20 Å². The third-order valence-corrected chi connectivity index (χ3v) is 3.12. The van der Waals surface area contributed by atoms with E-state index in [1.807, 2.05) is 67.7 Å². The van der Waals surface area contributed by atoms with Crippen LogP contribution >= 0.6 is 0 Å². The van der Waals surface area contributed by atoms with Gasteiger partial charge < -0.3 is 4.98 Å². The lowest BCUT2D eigenvalue weighted by atomic mass is 10.2. The molecular formula is C16H14N2O. The average molecular weight is 250 g/mol. The molecule has 0 bridgehead atoms. The molecule has 0 aliphatic carbocycles. The molecule has 19 heavy (non-hydrogen) atoms.